The second-order valence-electron chi connectivity index (χ2n) is 5.62. The molecule has 0 N–H and O–H groups in total. The number of alkyl halides is 3. The van der Waals surface area contributed by atoms with Crippen LogP contribution in [-0.2, 0) is 16.3 Å². The molecule has 1 saturated heterocycles. The monoisotopic (exact) mass is 267 g/mol. The Morgan fingerprint density at radius 1 is 1.21 bits per heavy atom. The molecule has 19 heavy (non-hydrogen) atoms. The largest absolute Gasteiger partial charge is 0.416 e. The Balaban J connectivity index is 1.92. The summed E-state index contributed by atoms with van der Waals surface area (Å²) in [6.45, 7) is 1.24. The summed E-state index contributed by atoms with van der Waals surface area (Å²) in [5.74, 6) is 0. The molecule has 0 aromatic heterocycles. The van der Waals surface area contributed by atoms with Crippen LogP contribution in [0, 0.1) is 16.7 Å². The maximum Gasteiger partial charge on any atom is 0.416 e. The van der Waals surface area contributed by atoms with E-state index in [1.165, 1.54) is 6.07 Å². The molecule has 2 aliphatic rings. The number of nitriles is 1. The maximum atomic E-state index is 12.7. The standard InChI is InChI=1S/C14H12F3NO/c15-14(16,17)11-3-1-2-10(4-11)13(7-18)5-12(6-13)8-19-9-12/h1-4H,5-6,8-9H2. The Kier molecular flexibility index (Phi) is 2.45. The summed E-state index contributed by atoms with van der Waals surface area (Å²) in [7, 11) is 0. The van der Waals surface area contributed by atoms with E-state index >= 15 is 0 Å². The SMILES string of the molecule is N#CC1(c2cccc(C(F)(F)F)c2)CC2(COC2)C1. The summed E-state index contributed by atoms with van der Waals surface area (Å²) in [6, 6.07) is 7.34. The lowest BCUT2D eigenvalue weighted by Gasteiger charge is -2.57. The van der Waals surface area contributed by atoms with E-state index in [-0.39, 0.29) is 5.41 Å². The first kappa shape index (κ1) is 12.5. The van der Waals surface area contributed by atoms with E-state index in [4.69, 9.17) is 4.74 Å². The molecular formula is C14H12F3NO. The summed E-state index contributed by atoms with van der Waals surface area (Å²) in [5, 5.41) is 9.36. The van der Waals surface area contributed by atoms with Crippen molar-refractivity contribution >= 4 is 0 Å². The van der Waals surface area contributed by atoms with E-state index < -0.39 is 17.2 Å². The zero-order valence-corrected chi connectivity index (χ0v) is 10.1. The first-order chi connectivity index (χ1) is 8.89. The molecule has 0 radical (unpaired) electrons. The number of benzene rings is 1. The van der Waals surface area contributed by atoms with Crippen molar-refractivity contribution in [2.24, 2.45) is 5.41 Å². The van der Waals surface area contributed by atoms with Crippen LogP contribution >= 0.6 is 0 Å². The lowest BCUT2D eigenvalue weighted by molar-refractivity contribution is -0.178. The topological polar surface area (TPSA) is 33.0 Å². The van der Waals surface area contributed by atoms with Crippen molar-refractivity contribution < 1.29 is 17.9 Å². The molecule has 1 aromatic rings. The second-order valence-corrected chi connectivity index (χ2v) is 5.62. The Bertz CT molecular complexity index is 547. The molecule has 2 fully saturated rings. The Labute approximate surface area is 108 Å². The van der Waals surface area contributed by atoms with E-state index in [9.17, 15) is 18.4 Å². The van der Waals surface area contributed by atoms with Crippen LogP contribution in [0.25, 0.3) is 0 Å². The van der Waals surface area contributed by atoms with Crippen LogP contribution in [0.3, 0.4) is 0 Å². The predicted octanol–water partition coefficient (Wildman–Crippen LogP) is 3.28. The molecule has 3 rings (SSSR count). The molecule has 2 nitrogen and oxygen atoms in total. The number of nitrogens with zero attached hydrogens (tertiary/aromatic N) is 1. The number of halogens is 3. The van der Waals surface area contributed by atoms with Crippen LogP contribution in [0.4, 0.5) is 13.2 Å². The molecule has 0 unspecified atom stereocenters. The highest BCUT2D eigenvalue weighted by atomic mass is 19.4. The minimum atomic E-state index is -4.37. The van der Waals surface area contributed by atoms with Gasteiger partial charge in [-0.15, -0.1) is 0 Å². The van der Waals surface area contributed by atoms with Crippen LogP contribution in [0.2, 0.25) is 0 Å². The molecule has 0 atom stereocenters. The van der Waals surface area contributed by atoms with Crippen LogP contribution in [0.5, 0.6) is 0 Å². The van der Waals surface area contributed by atoms with Gasteiger partial charge in [-0.2, -0.15) is 18.4 Å². The van der Waals surface area contributed by atoms with E-state index in [1.807, 2.05) is 0 Å². The average molecular weight is 267 g/mol. The molecule has 0 bridgehead atoms. The van der Waals surface area contributed by atoms with Gasteiger partial charge in [0.2, 0.25) is 0 Å². The van der Waals surface area contributed by atoms with Gasteiger partial charge < -0.3 is 4.74 Å². The lowest BCUT2D eigenvalue weighted by Crippen LogP contribution is -2.59. The molecule has 1 aliphatic carbocycles. The maximum absolute atomic E-state index is 12.7. The molecular weight excluding hydrogens is 255 g/mol. The van der Waals surface area contributed by atoms with Gasteiger partial charge in [-0.25, -0.2) is 0 Å². The van der Waals surface area contributed by atoms with Crippen molar-refractivity contribution in [3.05, 3.63) is 35.4 Å². The van der Waals surface area contributed by atoms with Crippen LogP contribution < -0.4 is 0 Å². The number of ether oxygens (including phenoxy) is 1. The van der Waals surface area contributed by atoms with Crippen molar-refractivity contribution in [3.63, 3.8) is 0 Å². The van der Waals surface area contributed by atoms with E-state index in [0.29, 0.717) is 31.6 Å². The first-order valence-electron chi connectivity index (χ1n) is 6.06. The lowest BCUT2D eigenvalue weighted by atomic mass is 9.50. The molecule has 1 spiro atoms. The third kappa shape index (κ3) is 1.82. The zero-order valence-electron chi connectivity index (χ0n) is 10.1. The molecule has 1 heterocycles. The summed E-state index contributed by atoms with van der Waals surface area (Å²) in [4.78, 5) is 0. The van der Waals surface area contributed by atoms with Gasteiger partial charge in [-0.3, -0.25) is 0 Å². The van der Waals surface area contributed by atoms with Gasteiger partial charge in [0.15, 0.2) is 0 Å². The molecule has 1 aromatic carbocycles. The smallest absolute Gasteiger partial charge is 0.380 e. The predicted molar refractivity (Wildman–Crippen MR) is 61.2 cm³/mol. The normalized spacial score (nSPS) is 23.3. The average Bonchev–Trinajstić information content (AvgIpc) is 2.26. The number of hydrogen-bond acceptors (Lipinski definition) is 2. The van der Waals surface area contributed by atoms with E-state index in [2.05, 4.69) is 6.07 Å². The van der Waals surface area contributed by atoms with E-state index in [1.54, 1.807) is 6.07 Å². The summed E-state index contributed by atoms with van der Waals surface area (Å²) in [5.41, 5.74) is -0.956. The van der Waals surface area contributed by atoms with E-state index in [0.717, 1.165) is 12.1 Å². The van der Waals surface area contributed by atoms with Crippen molar-refractivity contribution in [1.29, 1.82) is 5.26 Å². The summed E-state index contributed by atoms with van der Waals surface area (Å²) in [6.07, 6.45) is -3.18. The van der Waals surface area contributed by atoms with Crippen molar-refractivity contribution in [2.45, 2.75) is 24.4 Å². The zero-order chi connectivity index (χ0) is 13.7. The summed E-state index contributed by atoms with van der Waals surface area (Å²) >= 11 is 0. The molecule has 5 heteroatoms. The van der Waals surface area contributed by atoms with Crippen LogP contribution in [0.1, 0.15) is 24.0 Å². The fourth-order valence-corrected chi connectivity index (χ4v) is 3.16. The fraction of sp³-hybridized carbons (Fsp3) is 0.500. The van der Waals surface area contributed by atoms with Gasteiger partial charge in [0.05, 0.1) is 30.3 Å². The van der Waals surface area contributed by atoms with Gasteiger partial charge in [0, 0.05) is 5.41 Å². The summed E-state index contributed by atoms with van der Waals surface area (Å²) < 4.78 is 43.3. The van der Waals surface area contributed by atoms with Crippen molar-refractivity contribution in [3.8, 4) is 6.07 Å². The highest BCUT2D eigenvalue weighted by Crippen LogP contribution is 2.59. The molecule has 1 aliphatic heterocycles. The minimum absolute atomic E-state index is 0.0317. The third-order valence-corrected chi connectivity index (χ3v) is 4.13. The fourth-order valence-electron chi connectivity index (χ4n) is 3.16. The van der Waals surface area contributed by atoms with Crippen LogP contribution in [0.15, 0.2) is 24.3 Å². The van der Waals surface area contributed by atoms with Gasteiger partial charge in [0.1, 0.15) is 0 Å². The number of hydrogen-bond donors (Lipinski definition) is 0. The Morgan fingerprint density at radius 2 is 1.89 bits per heavy atom. The van der Waals surface area contributed by atoms with Crippen molar-refractivity contribution in [2.75, 3.05) is 13.2 Å². The third-order valence-electron chi connectivity index (χ3n) is 4.13. The Morgan fingerprint density at radius 3 is 2.37 bits per heavy atom. The van der Waals surface area contributed by atoms with Gasteiger partial charge >= 0.3 is 6.18 Å². The molecule has 0 amide bonds. The Hall–Kier alpha value is -1.54. The quantitative estimate of drug-likeness (QED) is 0.782. The second kappa shape index (κ2) is 3.73. The highest BCUT2D eigenvalue weighted by molar-refractivity contribution is 5.41. The van der Waals surface area contributed by atoms with Crippen molar-refractivity contribution in [1.82, 2.24) is 0 Å². The van der Waals surface area contributed by atoms with Crippen LogP contribution in [-0.4, -0.2) is 13.2 Å². The minimum Gasteiger partial charge on any atom is -0.380 e. The van der Waals surface area contributed by atoms with Gasteiger partial charge in [0.25, 0.3) is 0 Å². The van der Waals surface area contributed by atoms with Gasteiger partial charge in [-0.05, 0) is 24.5 Å². The molecule has 100 valence electrons. The first-order valence-corrected chi connectivity index (χ1v) is 6.06. The number of rotatable bonds is 1. The highest BCUT2D eigenvalue weighted by Gasteiger charge is 2.59. The van der Waals surface area contributed by atoms with Gasteiger partial charge in [-0.1, -0.05) is 18.2 Å². The molecule has 1 saturated carbocycles.